The molecular weight excluding hydrogens is 376 g/mol. The van der Waals surface area contributed by atoms with Crippen molar-refractivity contribution in [3.63, 3.8) is 0 Å². The lowest BCUT2D eigenvalue weighted by Crippen LogP contribution is -2.20. The molecule has 0 unspecified atom stereocenters. The summed E-state index contributed by atoms with van der Waals surface area (Å²) in [6.45, 7) is 6.01. The van der Waals surface area contributed by atoms with Crippen LogP contribution in [0.2, 0.25) is 0 Å². The van der Waals surface area contributed by atoms with Gasteiger partial charge < -0.3 is 10.1 Å². The van der Waals surface area contributed by atoms with E-state index in [2.05, 4.69) is 34.6 Å². The van der Waals surface area contributed by atoms with Crippen LogP contribution in [0.1, 0.15) is 23.6 Å². The molecule has 30 heavy (non-hydrogen) atoms. The number of carbonyl (C=O) groups excluding carboxylic acids is 1. The van der Waals surface area contributed by atoms with Gasteiger partial charge in [0.25, 0.3) is 5.91 Å². The standard InChI is InChI=1S/C24H24N4O2/c1-4-18-7-9-19(10-8-18)28-26-22-13-17(3)21(14-23(22)27-28)25-24(29)15-30-20-11-5-16(2)6-12-20/h5-14H,4,15H2,1-3H3,(H,25,29). The third-order valence-electron chi connectivity index (χ3n) is 4.97. The first-order chi connectivity index (χ1) is 14.5. The van der Waals surface area contributed by atoms with Gasteiger partial charge in [-0.05, 0) is 67.8 Å². The Kier molecular flexibility index (Phi) is 5.48. The van der Waals surface area contributed by atoms with Crippen LogP contribution in [0.15, 0.2) is 60.7 Å². The summed E-state index contributed by atoms with van der Waals surface area (Å²) in [5.41, 5.74) is 6.43. The van der Waals surface area contributed by atoms with Crippen LogP contribution >= 0.6 is 0 Å². The molecule has 6 heteroatoms. The Morgan fingerprint density at radius 1 is 0.967 bits per heavy atom. The molecule has 0 aliphatic heterocycles. The number of aromatic nitrogens is 3. The van der Waals surface area contributed by atoms with E-state index < -0.39 is 0 Å². The molecule has 0 aliphatic rings. The minimum absolute atomic E-state index is 0.0585. The first-order valence-corrected chi connectivity index (χ1v) is 9.98. The zero-order valence-electron chi connectivity index (χ0n) is 17.3. The maximum absolute atomic E-state index is 12.4. The number of rotatable bonds is 6. The monoisotopic (exact) mass is 400 g/mol. The summed E-state index contributed by atoms with van der Waals surface area (Å²) >= 11 is 0. The molecule has 1 amide bonds. The van der Waals surface area contributed by atoms with Crippen LogP contribution in [0.3, 0.4) is 0 Å². The molecule has 3 aromatic carbocycles. The zero-order valence-corrected chi connectivity index (χ0v) is 17.3. The van der Waals surface area contributed by atoms with Gasteiger partial charge in [0.1, 0.15) is 16.8 Å². The van der Waals surface area contributed by atoms with Crippen molar-refractivity contribution in [2.75, 3.05) is 11.9 Å². The summed E-state index contributed by atoms with van der Waals surface area (Å²) in [6.07, 6.45) is 0.991. The van der Waals surface area contributed by atoms with Gasteiger partial charge in [0.05, 0.1) is 5.69 Å². The molecule has 0 spiro atoms. The Morgan fingerprint density at radius 2 is 1.63 bits per heavy atom. The summed E-state index contributed by atoms with van der Waals surface area (Å²) in [5.74, 6) is 0.445. The van der Waals surface area contributed by atoms with Gasteiger partial charge in [-0.3, -0.25) is 4.79 Å². The van der Waals surface area contributed by atoms with Crippen molar-refractivity contribution >= 4 is 22.6 Å². The lowest BCUT2D eigenvalue weighted by Gasteiger charge is -2.09. The van der Waals surface area contributed by atoms with Gasteiger partial charge in [-0.1, -0.05) is 36.8 Å². The molecule has 4 rings (SSSR count). The summed E-state index contributed by atoms with van der Waals surface area (Å²) in [7, 11) is 0. The number of carbonyl (C=O) groups is 1. The van der Waals surface area contributed by atoms with Gasteiger partial charge in [0.2, 0.25) is 0 Å². The number of anilines is 1. The Balaban J connectivity index is 1.49. The number of benzene rings is 3. The molecule has 0 saturated heterocycles. The highest BCUT2D eigenvalue weighted by Crippen LogP contribution is 2.22. The zero-order chi connectivity index (χ0) is 21.1. The molecule has 1 N–H and O–H groups in total. The van der Waals surface area contributed by atoms with Crippen LogP contribution in [0.5, 0.6) is 5.75 Å². The molecule has 6 nitrogen and oxygen atoms in total. The molecular formula is C24H24N4O2. The average molecular weight is 400 g/mol. The Bertz CT molecular complexity index is 1180. The van der Waals surface area contributed by atoms with Gasteiger partial charge >= 0.3 is 0 Å². The smallest absolute Gasteiger partial charge is 0.262 e. The van der Waals surface area contributed by atoms with E-state index >= 15 is 0 Å². The molecule has 0 saturated carbocycles. The quantitative estimate of drug-likeness (QED) is 0.513. The van der Waals surface area contributed by atoms with E-state index in [1.807, 2.05) is 62.4 Å². The lowest BCUT2D eigenvalue weighted by atomic mass is 10.1. The Hall–Kier alpha value is -3.67. The van der Waals surface area contributed by atoms with Gasteiger partial charge in [-0.2, -0.15) is 4.80 Å². The van der Waals surface area contributed by atoms with Gasteiger partial charge in [-0.15, -0.1) is 10.2 Å². The highest BCUT2D eigenvalue weighted by Gasteiger charge is 2.11. The topological polar surface area (TPSA) is 69.0 Å². The minimum atomic E-state index is -0.222. The predicted octanol–water partition coefficient (Wildman–Crippen LogP) is 4.62. The average Bonchev–Trinajstić information content (AvgIpc) is 3.16. The molecule has 0 atom stereocenters. The molecule has 4 aromatic rings. The van der Waals surface area contributed by atoms with Crippen LogP contribution in [-0.4, -0.2) is 27.5 Å². The second-order valence-corrected chi connectivity index (χ2v) is 7.32. The van der Waals surface area contributed by atoms with Gasteiger partial charge in [-0.25, -0.2) is 0 Å². The third-order valence-corrected chi connectivity index (χ3v) is 4.97. The van der Waals surface area contributed by atoms with Crippen molar-refractivity contribution in [1.82, 2.24) is 15.0 Å². The second kappa shape index (κ2) is 8.37. The fourth-order valence-electron chi connectivity index (χ4n) is 3.15. The highest BCUT2D eigenvalue weighted by molar-refractivity contribution is 5.95. The number of nitrogens with zero attached hydrogens (tertiary/aromatic N) is 3. The summed E-state index contributed by atoms with van der Waals surface area (Å²) in [6, 6.07) is 19.5. The van der Waals surface area contributed by atoms with Crippen molar-refractivity contribution in [3.05, 3.63) is 77.4 Å². The maximum atomic E-state index is 12.4. The summed E-state index contributed by atoms with van der Waals surface area (Å²) in [5, 5.41) is 12.1. The van der Waals surface area contributed by atoms with Crippen molar-refractivity contribution < 1.29 is 9.53 Å². The van der Waals surface area contributed by atoms with Crippen molar-refractivity contribution in [1.29, 1.82) is 0 Å². The maximum Gasteiger partial charge on any atom is 0.262 e. The van der Waals surface area contributed by atoms with Gasteiger partial charge in [0.15, 0.2) is 6.61 Å². The fourth-order valence-corrected chi connectivity index (χ4v) is 3.15. The van der Waals surface area contributed by atoms with Crippen LogP contribution in [0, 0.1) is 13.8 Å². The predicted molar refractivity (Wildman–Crippen MR) is 118 cm³/mol. The second-order valence-electron chi connectivity index (χ2n) is 7.32. The molecule has 0 aliphatic carbocycles. The van der Waals surface area contributed by atoms with Crippen LogP contribution in [-0.2, 0) is 11.2 Å². The number of hydrogen-bond donors (Lipinski definition) is 1. The molecule has 1 aromatic heterocycles. The third kappa shape index (κ3) is 4.33. The van der Waals surface area contributed by atoms with E-state index in [-0.39, 0.29) is 12.5 Å². The van der Waals surface area contributed by atoms with Crippen LogP contribution in [0.4, 0.5) is 5.69 Å². The van der Waals surface area contributed by atoms with E-state index in [0.717, 1.165) is 34.3 Å². The van der Waals surface area contributed by atoms with Crippen LogP contribution in [0.25, 0.3) is 16.7 Å². The van der Waals surface area contributed by atoms with E-state index in [0.29, 0.717) is 11.4 Å². The SMILES string of the molecule is CCc1ccc(-n2nc3cc(C)c(NC(=O)COc4ccc(C)cc4)cc3n2)cc1. The Labute approximate surface area is 175 Å². The van der Waals surface area contributed by atoms with E-state index in [1.165, 1.54) is 5.56 Å². The molecule has 152 valence electrons. The number of ether oxygens (including phenoxy) is 1. The molecule has 1 heterocycles. The lowest BCUT2D eigenvalue weighted by molar-refractivity contribution is -0.118. The van der Waals surface area contributed by atoms with Crippen molar-refractivity contribution in [2.24, 2.45) is 0 Å². The fraction of sp³-hybridized carbons (Fsp3) is 0.208. The highest BCUT2D eigenvalue weighted by atomic mass is 16.5. The summed E-state index contributed by atoms with van der Waals surface area (Å²) < 4.78 is 5.56. The number of amides is 1. The Morgan fingerprint density at radius 3 is 2.30 bits per heavy atom. The molecule has 0 bridgehead atoms. The van der Waals surface area contributed by atoms with Crippen molar-refractivity contribution in [2.45, 2.75) is 27.2 Å². The summed E-state index contributed by atoms with van der Waals surface area (Å²) in [4.78, 5) is 14.0. The first-order valence-electron chi connectivity index (χ1n) is 9.98. The van der Waals surface area contributed by atoms with E-state index in [1.54, 1.807) is 4.80 Å². The number of nitrogens with one attached hydrogen (secondary N) is 1. The van der Waals surface area contributed by atoms with Crippen LogP contribution < -0.4 is 10.1 Å². The molecule has 0 fully saturated rings. The number of hydrogen-bond acceptors (Lipinski definition) is 4. The normalized spacial score (nSPS) is 10.9. The van der Waals surface area contributed by atoms with E-state index in [9.17, 15) is 4.79 Å². The molecule has 0 radical (unpaired) electrons. The van der Waals surface area contributed by atoms with E-state index in [4.69, 9.17) is 4.74 Å². The first kappa shape index (κ1) is 19.6. The largest absolute Gasteiger partial charge is 0.484 e. The van der Waals surface area contributed by atoms with Gasteiger partial charge in [0, 0.05) is 5.69 Å². The van der Waals surface area contributed by atoms with Crippen molar-refractivity contribution in [3.8, 4) is 11.4 Å². The number of aryl methyl sites for hydroxylation is 3. The minimum Gasteiger partial charge on any atom is -0.484 e. The number of fused-ring (bicyclic) bond motifs is 1.